The van der Waals surface area contributed by atoms with E-state index in [0.717, 1.165) is 21.9 Å². The molecule has 8 rings (SSSR count). The van der Waals surface area contributed by atoms with E-state index in [1.807, 2.05) is 34.8 Å². The Hall–Kier alpha value is -3.60. The summed E-state index contributed by atoms with van der Waals surface area (Å²) in [6.07, 6.45) is 0. The van der Waals surface area contributed by atoms with E-state index in [2.05, 4.69) is 83.4 Å². The summed E-state index contributed by atoms with van der Waals surface area (Å²) in [6.45, 7) is 0. The van der Waals surface area contributed by atoms with E-state index in [4.69, 9.17) is 4.42 Å². The van der Waals surface area contributed by atoms with Gasteiger partial charge in [0.2, 0.25) is 0 Å². The van der Waals surface area contributed by atoms with Gasteiger partial charge in [0.25, 0.3) is 0 Å². The van der Waals surface area contributed by atoms with Gasteiger partial charge in [-0.3, -0.25) is 0 Å². The first kappa shape index (κ1) is 17.0. The molecule has 150 valence electrons. The average Bonchev–Trinajstić information content (AvgIpc) is 3.55. The van der Waals surface area contributed by atoms with Crippen molar-refractivity contribution >= 4 is 85.2 Å². The lowest BCUT2D eigenvalue weighted by molar-refractivity contribution is 0.669. The number of hydrogen-bond acceptors (Lipinski definition) is 3. The number of para-hydroxylation sites is 2. The molecule has 0 spiro atoms. The first-order valence-electron chi connectivity index (χ1n) is 10.6. The molecule has 0 saturated carbocycles. The summed E-state index contributed by atoms with van der Waals surface area (Å²) in [6, 6.07) is 32.4. The van der Waals surface area contributed by atoms with Gasteiger partial charge in [-0.2, -0.15) is 0 Å². The quantitative estimate of drug-likeness (QED) is 0.246. The second-order valence-electron chi connectivity index (χ2n) is 8.17. The maximum absolute atomic E-state index is 6.09. The second-order valence-corrected chi connectivity index (χ2v) is 10.5. The van der Waals surface area contributed by atoms with Crippen LogP contribution in [0.4, 0.5) is 0 Å². The van der Waals surface area contributed by atoms with Crippen molar-refractivity contribution in [1.29, 1.82) is 0 Å². The van der Waals surface area contributed by atoms with Gasteiger partial charge in [-0.15, -0.1) is 22.7 Å². The van der Waals surface area contributed by atoms with Crippen LogP contribution in [0.25, 0.3) is 68.2 Å². The number of hydrogen-bond donors (Lipinski definition) is 0. The van der Waals surface area contributed by atoms with Crippen LogP contribution in [0.2, 0.25) is 0 Å². The highest BCUT2D eigenvalue weighted by molar-refractivity contribution is 7.45. The lowest BCUT2D eigenvalue weighted by Gasteiger charge is -2.08. The zero-order valence-corrected chi connectivity index (χ0v) is 18.5. The largest absolute Gasteiger partial charge is 0.456 e. The van der Waals surface area contributed by atoms with E-state index in [1.165, 1.54) is 46.3 Å². The van der Waals surface area contributed by atoms with E-state index in [-0.39, 0.29) is 0 Å². The van der Waals surface area contributed by atoms with Crippen molar-refractivity contribution in [3.8, 4) is 5.69 Å². The summed E-state index contributed by atoms with van der Waals surface area (Å²) in [5, 5.41) is 6.35. The maximum atomic E-state index is 6.09. The van der Waals surface area contributed by atoms with Gasteiger partial charge in [-0.25, -0.2) is 0 Å². The Balaban J connectivity index is 1.58. The Kier molecular flexibility index (Phi) is 3.19. The van der Waals surface area contributed by atoms with Gasteiger partial charge < -0.3 is 8.98 Å². The van der Waals surface area contributed by atoms with Crippen LogP contribution in [0.1, 0.15) is 0 Å². The Bertz CT molecular complexity index is 2000. The average molecular weight is 446 g/mol. The molecule has 0 aliphatic heterocycles. The number of fused-ring (bicyclic) bond motifs is 10. The zero-order valence-electron chi connectivity index (χ0n) is 16.8. The number of rotatable bonds is 1. The van der Waals surface area contributed by atoms with Crippen molar-refractivity contribution in [1.82, 2.24) is 4.57 Å². The molecule has 0 fully saturated rings. The molecule has 0 atom stereocenters. The fourth-order valence-electron chi connectivity index (χ4n) is 5.07. The zero-order chi connectivity index (χ0) is 20.8. The van der Waals surface area contributed by atoms with Crippen molar-refractivity contribution in [2.75, 3.05) is 0 Å². The minimum atomic E-state index is 0.930. The van der Waals surface area contributed by atoms with Crippen LogP contribution in [0.5, 0.6) is 0 Å². The SMILES string of the molecule is c1ccc2c(c1)oc1ccc(-n3c4ccccc4c4sc5sc6ccccc6c5c43)cc12. The van der Waals surface area contributed by atoms with Gasteiger partial charge in [0.05, 0.1) is 19.7 Å². The number of furan rings is 1. The molecule has 0 radical (unpaired) electrons. The van der Waals surface area contributed by atoms with Crippen LogP contribution < -0.4 is 0 Å². The molecule has 32 heavy (non-hydrogen) atoms. The van der Waals surface area contributed by atoms with Crippen LogP contribution in [-0.2, 0) is 0 Å². The van der Waals surface area contributed by atoms with Crippen molar-refractivity contribution in [3.05, 3.63) is 91.0 Å². The van der Waals surface area contributed by atoms with Crippen LogP contribution in [0.3, 0.4) is 0 Å². The summed E-state index contributed by atoms with van der Waals surface area (Å²) < 4.78 is 12.7. The predicted octanol–water partition coefficient (Wildman–Crippen LogP) is 9.11. The molecule has 0 amide bonds. The van der Waals surface area contributed by atoms with E-state index in [1.54, 1.807) is 0 Å². The third-order valence-electron chi connectivity index (χ3n) is 6.44. The van der Waals surface area contributed by atoms with Gasteiger partial charge >= 0.3 is 0 Å². The number of aromatic nitrogens is 1. The smallest absolute Gasteiger partial charge is 0.135 e. The first-order chi connectivity index (χ1) is 15.9. The van der Waals surface area contributed by atoms with Crippen molar-refractivity contribution < 1.29 is 4.42 Å². The first-order valence-corrected chi connectivity index (χ1v) is 12.2. The molecule has 0 aliphatic carbocycles. The third kappa shape index (κ3) is 2.08. The lowest BCUT2D eigenvalue weighted by Crippen LogP contribution is -1.93. The minimum absolute atomic E-state index is 0.930. The summed E-state index contributed by atoms with van der Waals surface area (Å²) in [7, 11) is 0. The standard InChI is InChI=1S/C28H15NOS2/c1-4-10-21-18(8-1)27-26(25-19-9-3-6-12-24(19)31-28(25)32-27)29(21)16-13-14-23-20(15-16)17-7-2-5-11-22(17)30-23/h1-15H. The summed E-state index contributed by atoms with van der Waals surface area (Å²) in [5.74, 6) is 0. The molecule has 4 aromatic heterocycles. The van der Waals surface area contributed by atoms with Crippen molar-refractivity contribution in [2.24, 2.45) is 0 Å². The molecular formula is C28H15NOS2. The topological polar surface area (TPSA) is 18.1 Å². The molecule has 0 N–H and O–H groups in total. The van der Waals surface area contributed by atoms with Gasteiger partial charge in [0, 0.05) is 37.3 Å². The van der Waals surface area contributed by atoms with Gasteiger partial charge in [-0.1, -0.05) is 54.6 Å². The molecule has 0 unspecified atom stereocenters. The van der Waals surface area contributed by atoms with Crippen LogP contribution in [0.15, 0.2) is 95.4 Å². The second kappa shape index (κ2) is 6.00. The Morgan fingerprint density at radius 1 is 0.625 bits per heavy atom. The van der Waals surface area contributed by atoms with Crippen LogP contribution >= 0.6 is 22.7 Å². The highest BCUT2D eigenvalue weighted by Gasteiger charge is 2.21. The number of nitrogens with zero attached hydrogens (tertiary/aromatic N) is 1. The maximum Gasteiger partial charge on any atom is 0.135 e. The predicted molar refractivity (Wildman–Crippen MR) is 139 cm³/mol. The monoisotopic (exact) mass is 445 g/mol. The highest BCUT2D eigenvalue weighted by atomic mass is 32.2. The summed E-state index contributed by atoms with van der Waals surface area (Å²) in [5.41, 5.74) is 5.60. The van der Waals surface area contributed by atoms with Crippen LogP contribution in [0, 0.1) is 0 Å². The lowest BCUT2D eigenvalue weighted by atomic mass is 10.1. The molecule has 4 heteroatoms. The van der Waals surface area contributed by atoms with E-state index in [9.17, 15) is 0 Å². The number of thiophene rings is 2. The third-order valence-corrected chi connectivity index (χ3v) is 8.91. The van der Waals surface area contributed by atoms with E-state index >= 15 is 0 Å². The highest BCUT2D eigenvalue weighted by Crippen LogP contribution is 2.48. The molecule has 4 aromatic carbocycles. The molecule has 0 saturated heterocycles. The van der Waals surface area contributed by atoms with Gasteiger partial charge in [-0.05, 0) is 36.4 Å². The summed E-state index contributed by atoms with van der Waals surface area (Å²) >= 11 is 3.82. The minimum Gasteiger partial charge on any atom is -0.456 e. The Morgan fingerprint density at radius 3 is 2.31 bits per heavy atom. The molecule has 8 aromatic rings. The Morgan fingerprint density at radius 2 is 1.38 bits per heavy atom. The molecule has 0 bridgehead atoms. The fraction of sp³-hybridized carbons (Fsp3) is 0. The molecule has 4 heterocycles. The van der Waals surface area contributed by atoms with Crippen molar-refractivity contribution in [3.63, 3.8) is 0 Å². The van der Waals surface area contributed by atoms with Gasteiger partial charge in [0.1, 0.15) is 11.2 Å². The van der Waals surface area contributed by atoms with Gasteiger partial charge in [0.15, 0.2) is 0 Å². The number of benzene rings is 4. The fourth-order valence-corrected chi connectivity index (χ4v) is 7.76. The summed E-state index contributed by atoms with van der Waals surface area (Å²) in [4.78, 5) is 0. The van der Waals surface area contributed by atoms with E-state index < -0.39 is 0 Å². The molecular weight excluding hydrogens is 430 g/mol. The molecule has 0 aliphatic rings. The molecule has 2 nitrogen and oxygen atoms in total. The van der Waals surface area contributed by atoms with Crippen molar-refractivity contribution in [2.45, 2.75) is 0 Å². The van der Waals surface area contributed by atoms with Crippen LogP contribution in [-0.4, -0.2) is 4.57 Å². The Labute approximate surface area is 190 Å². The normalized spacial score (nSPS) is 12.4. The van der Waals surface area contributed by atoms with E-state index in [0.29, 0.717) is 0 Å².